The van der Waals surface area contributed by atoms with Crippen molar-refractivity contribution in [3.05, 3.63) is 0 Å². The Bertz CT molecular complexity index is 74.9. The zero-order chi connectivity index (χ0) is 5.21. The Labute approximate surface area is 44.6 Å². The smallest absolute Gasteiger partial charge is 0.422 e. The van der Waals surface area contributed by atoms with Crippen LogP contribution in [0.5, 0.6) is 0 Å². The fraction of sp³-hybridized carbons (Fsp3) is 1.00. The molecule has 0 aliphatic rings. The molecule has 5 heteroatoms. The first-order valence-electron chi connectivity index (χ1n) is 1.42. The molecule has 0 aliphatic carbocycles. The Morgan fingerprint density at radius 1 is 2.00 bits per heavy atom. The van der Waals surface area contributed by atoms with Crippen molar-refractivity contribution in [3.8, 4) is 0 Å². The van der Waals surface area contributed by atoms with Crippen molar-refractivity contribution >= 4 is 24.2 Å². The summed E-state index contributed by atoms with van der Waals surface area (Å²) >= 11 is 0.335. The summed E-state index contributed by atoms with van der Waals surface area (Å²) < 4.78 is 14.1. The fourth-order valence-electron chi connectivity index (χ4n) is 0. The van der Waals surface area contributed by atoms with Crippen LogP contribution in [0.4, 0.5) is 0 Å². The van der Waals surface area contributed by atoms with Gasteiger partial charge in [0.1, 0.15) is 0 Å². The molecule has 6 heavy (non-hydrogen) atoms. The topological polar surface area (TPSA) is 46.5 Å². The average Bonchev–Trinajstić information content (AvgIpc) is 1.35. The van der Waals surface area contributed by atoms with Gasteiger partial charge in [-0.3, -0.25) is 4.57 Å². The molecule has 0 fully saturated rings. The molecule has 3 nitrogen and oxygen atoms in total. The van der Waals surface area contributed by atoms with Gasteiger partial charge in [-0.15, -0.1) is 0 Å². The molecule has 0 aromatic heterocycles. The van der Waals surface area contributed by atoms with Crippen LogP contribution >= 0.6 is 7.60 Å². The van der Waals surface area contributed by atoms with Crippen LogP contribution in [-0.2, 0) is 8.14 Å². The van der Waals surface area contributed by atoms with E-state index in [1.54, 1.807) is 0 Å². The van der Waals surface area contributed by atoms with E-state index in [9.17, 15) is 4.57 Å². The van der Waals surface area contributed by atoms with Crippen molar-refractivity contribution in [3.63, 3.8) is 0 Å². The van der Waals surface area contributed by atoms with Gasteiger partial charge in [0, 0.05) is 6.66 Å². The van der Waals surface area contributed by atoms with Gasteiger partial charge in [-0.05, 0) is 0 Å². The zero-order valence-electron chi connectivity index (χ0n) is 3.71. The van der Waals surface area contributed by atoms with Gasteiger partial charge in [-0.25, -0.2) is 0 Å². The highest BCUT2D eigenvalue weighted by molar-refractivity contribution is 7.52. The second kappa shape index (κ2) is 2.11. The van der Waals surface area contributed by atoms with E-state index in [1.807, 2.05) is 0 Å². The second-order valence-corrected chi connectivity index (χ2v) is 4.05. The van der Waals surface area contributed by atoms with Crippen LogP contribution in [0.3, 0.4) is 0 Å². The van der Waals surface area contributed by atoms with E-state index in [1.165, 1.54) is 6.66 Å². The number of hydrogen-bond acceptors (Lipinski definition) is 2. The van der Waals surface area contributed by atoms with Crippen LogP contribution < -0.4 is 0 Å². The summed E-state index contributed by atoms with van der Waals surface area (Å²) in [5.41, 5.74) is 0. The van der Waals surface area contributed by atoms with E-state index in [4.69, 9.17) is 4.89 Å². The van der Waals surface area contributed by atoms with E-state index in [0.29, 0.717) is 16.6 Å². The van der Waals surface area contributed by atoms with E-state index >= 15 is 0 Å². The summed E-state index contributed by atoms with van der Waals surface area (Å²) in [5.74, 6) is 0. The van der Waals surface area contributed by atoms with Crippen molar-refractivity contribution in [1.82, 2.24) is 0 Å². The van der Waals surface area contributed by atoms with Crippen molar-refractivity contribution in [2.24, 2.45) is 0 Å². The Kier molecular flexibility index (Phi) is 2.35. The number of rotatable bonds is 1. The molecule has 0 aromatic carbocycles. The van der Waals surface area contributed by atoms with Gasteiger partial charge >= 0.3 is 16.6 Å². The second-order valence-electron chi connectivity index (χ2n) is 0.986. The van der Waals surface area contributed by atoms with Crippen molar-refractivity contribution < 1.29 is 13.0 Å². The van der Waals surface area contributed by atoms with Crippen molar-refractivity contribution in [2.45, 2.75) is 0 Å². The summed E-state index contributed by atoms with van der Waals surface area (Å²) in [4.78, 5) is 8.19. The van der Waals surface area contributed by atoms with Gasteiger partial charge < -0.3 is 8.47 Å². The van der Waals surface area contributed by atoms with E-state index in [2.05, 4.69) is 3.58 Å². The lowest BCUT2D eigenvalue weighted by Gasteiger charge is -1.98. The van der Waals surface area contributed by atoms with Crippen LogP contribution in [-0.4, -0.2) is 28.2 Å². The maximum Gasteiger partial charge on any atom is 0.422 e. The third kappa shape index (κ3) is 4.68. The van der Waals surface area contributed by atoms with Crippen LogP contribution in [0.15, 0.2) is 0 Å². The first-order chi connectivity index (χ1) is 2.56. The lowest BCUT2D eigenvalue weighted by Crippen LogP contribution is -1.77. The maximum atomic E-state index is 9.95. The zero-order valence-corrected chi connectivity index (χ0v) is 6.61. The molecule has 0 aromatic rings. The quantitative estimate of drug-likeness (QED) is 0.373. The van der Waals surface area contributed by atoms with E-state index in [-0.39, 0.29) is 0 Å². The predicted molar refractivity (Wildman–Crippen MR) is 25.4 cm³/mol. The first-order valence-corrected chi connectivity index (χ1v) is 4.26. The third-order valence-electron chi connectivity index (χ3n) is 0.339. The molecule has 0 amide bonds. The standard InChI is InChI=1S/CH5O3P.Al.2H/c1-5(2,3)4;;;/h1H3,(H2,2,3,4);;;/q;+1;;/p-1. The monoisotopic (exact) mass is 124 g/mol. The van der Waals surface area contributed by atoms with Gasteiger partial charge in [0.25, 0.3) is 7.60 Å². The molecule has 0 saturated heterocycles. The predicted octanol–water partition coefficient (Wildman–Crippen LogP) is -0.634. The molecule has 1 atom stereocenters. The minimum absolute atomic E-state index is 0.335. The average molecular weight is 124 g/mol. The van der Waals surface area contributed by atoms with Gasteiger partial charge in [-0.1, -0.05) is 0 Å². The molecule has 1 unspecified atom stereocenters. The van der Waals surface area contributed by atoms with Crippen LogP contribution in [0, 0.1) is 0 Å². The molecule has 1 N–H and O–H groups in total. The molecular formula is CH6AlO3P. The Morgan fingerprint density at radius 3 is 2.17 bits per heavy atom. The van der Waals surface area contributed by atoms with Crippen LogP contribution in [0.25, 0.3) is 0 Å². The van der Waals surface area contributed by atoms with Crippen LogP contribution in [0.1, 0.15) is 0 Å². The molecule has 0 saturated carbocycles. The first kappa shape index (κ1) is 6.68. The summed E-state index contributed by atoms with van der Waals surface area (Å²) in [7, 11) is -3.08. The van der Waals surface area contributed by atoms with Crippen molar-refractivity contribution in [1.29, 1.82) is 0 Å². The Morgan fingerprint density at radius 2 is 2.17 bits per heavy atom. The normalized spacial score (nSPS) is 19.7. The summed E-state index contributed by atoms with van der Waals surface area (Å²) in [6, 6.07) is 0. The van der Waals surface area contributed by atoms with Gasteiger partial charge in [0.05, 0.1) is 0 Å². The molecule has 36 valence electrons. The highest BCUT2D eigenvalue weighted by atomic mass is 31.2. The Balaban J connectivity index is 3.48. The summed E-state index contributed by atoms with van der Waals surface area (Å²) in [6.07, 6.45) is 0. The van der Waals surface area contributed by atoms with E-state index < -0.39 is 7.60 Å². The highest BCUT2D eigenvalue weighted by Gasteiger charge is 2.01. The van der Waals surface area contributed by atoms with Gasteiger partial charge in [0.2, 0.25) is 0 Å². The SMILES string of the molecule is CP(=O)(O)[O][AlH2]. The molecule has 0 bridgehead atoms. The number of hydrogen-bond donors (Lipinski definition) is 1. The maximum absolute atomic E-state index is 9.95. The minimum Gasteiger partial charge on any atom is -0.443 e. The molecule has 0 aliphatic heterocycles. The van der Waals surface area contributed by atoms with Crippen LogP contribution in [0.2, 0.25) is 0 Å². The largest absolute Gasteiger partial charge is 0.443 e. The Hall–Kier alpha value is 0.682. The molecular weight excluding hydrogens is 118 g/mol. The van der Waals surface area contributed by atoms with E-state index in [0.717, 1.165) is 0 Å². The van der Waals surface area contributed by atoms with Gasteiger partial charge in [0.15, 0.2) is 0 Å². The molecule has 0 heterocycles. The molecule has 0 spiro atoms. The molecule has 0 rings (SSSR count). The lowest BCUT2D eigenvalue weighted by atomic mass is 12.0. The van der Waals surface area contributed by atoms with Crippen molar-refractivity contribution in [2.75, 3.05) is 6.66 Å². The summed E-state index contributed by atoms with van der Waals surface area (Å²) in [6.45, 7) is 1.17. The molecule has 0 radical (unpaired) electrons. The van der Waals surface area contributed by atoms with Gasteiger partial charge in [-0.2, -0.15) is 0 Å². The summed E-state index contributed by atoms with van der Waals surface area (Å²) in [5, 5.41) is 0. The minimum atomic E-state index is -3.08. The fourth-order valence-corrected chi connectivity index (χ4v) is 0. The lowest BCUT2D eigenvalue weighted by molar-refractivity contribution is 0.401. The highest BCUT2D eigenvalue weighted by Crippen LogP contribution is 2.33. The third-order valence-corrected chi connectivity index (χ3v) is 3.05.